The van der Waals surface area contributed by atoms with E-state index in [0.29, 0.717) is 0 Å². The number of hydrogen-bond donors (Lipinski definition) is 0. The van der Waals surface area contributed by atoms with Crippen molar-refractivity contribution in [2.75, 3.05) is 0 Å². The van der Waals surface area contributed by atoms with Gasteiger partial charge in [0.15, 0.2) is 0 Å². The molecule has 11 heavy (non-hydrogen) atoms. The van der Waals surface area contributed by atoms with Gasteiger partial charge in [0.05, 0.1) is 0 Å². The van der Waals surface area contributed by atoms with Crippen molar-refractivity contribution in [3.63, 3.8) is 0 Å². The Hall–Kier alpha value is 0.930. The normalized spacial score (nSPS) is 9.36. The third-order valence-corrected chi connectivity index (χ3v) is 2.66. The molecule has 0 unspecified atom stereocenters. The first-order chi connectivity index (χ1) is 4.91. The van der Waals surface area contributed by atoms with Crippen molar-refractivity contribution in [3.05, 3.63) is 0 Å². The molecule has 0 heterocycles. The minimum atomic E-state index is 0. The molecule has 0 fully saturated rings. The van der Waals surface area contributed by atoms with Crippen molar-refractivity contribution in [2.45, 2.75) is 55.5 Å². The SMILES string of the molecule is CCCCCCCC[CH2][Na].F. The van der Waals surface area contributed by atoms with E-state index in [1.54, 1.807) is 0 Å². The van der Waals surface area contributed by atoms with Crippen LogP contribution in [0.2, 0.25) is 3.67 Å². The van der Waals surface area contributed by atoms with Gasteiger partial charge in [-0.2, -0.15) is 0 Å². The minimum Gasteiger partial charge on any atom is -0.269 e. The first-order valence-corrected chi connectivity index (χ1v) is 6.33. The van der Waals surface area contributed by atoms with Gasteiger partial charge in [-0.15, -0.1) is 0 Å². The molecular weight excluding hydrogens is 150 g/mol. The second-order valence-electron chi connectivity index (χ2n) is 3.12. The molecule has 0 N–H and O–H groups in total. The molecule has 0 aliphatic rings. The molecule has 0 amide bonds. The Morgan fingerprint density at radius 3 is 1.73 bits per heavy atom. The molecule has 0 rings (SSSR count). The fourth-order valence-corrected chi connectivity index (χ4v) is 1.71. The van der Waals surface area contributed by atoms with Crippen LogP contribution in [0.15, 0.2) is 0 Å². The number of halogens is 1. The van der Waals surface area contributed by atoms with Crippen molar-refractivity contribution >= 4 is 27.9 Å². The van der Waals surface area contributed by atoms with Crippen molar-refractivity contribution in [2.24, 2.45) is 0 Å². The van der Waals surface area contributed by atoms with Crippen LogP contribution in [0.25, 0.3) is 0 Å². The first kappa shape index (κ1) is 14.5. The Balaban J connectivity index is 0. The zero-order valence-electron chi connectivity index (χ0n) is 8.07. The molecule has 64 valence electrons. The topological polar surface area (TPSA) is 0 Å². The summed E-state index contributed by atoms with van der Waals surface area (Å²) in [6, 6.07) is 0. The van der Waals surface area contributed by atoms with Crippen LogP contribution >= 0.6 is 0 Å². The summed E-state index contributed by atoms with van der Waals surface area (Å²) < 4.78 is 1.51. The number of unbranched alkanes of at least 4 members (excludes halogenated alkanes) is 6. The van der Waals surface area contributed by atoms with Crippen LogP contribution in [-0.4, -0.2) is 27.9 Å². The Labute approximate surface area is 87.9 Å². The molecule has 0 nitrogen and oxygen atoms in total. The van der Waals surface area contributed by atoms with Crippen LogP contribution in [0.1, 0.15) is 51.9 Å². The van der Waals surface area contributed by atoms with E-state index in [4.69, 9.17) is 0 Å². The molecule has 0 atom stereocenters. The van der Waals surface area contributed by atoms with Crippen LogP contribution in [0.4, 0.5) is 4.70 Å². The average Bonchev–Trinajstić information content (AvgIpc) is 1.97. The predicted molar refractivity (Wildman–Crippen MR) is 51.1 cm³/mol. The van der Waals surface area contributed by atoms with E-state index in [1.807, 2.05) is 0 Å². The smallest absolute Gasteiger partial charge is 0.269 e. The van der Waals surface area contributed by atoms with Crippen molar-refractivity contribution in [1.82, 2.24) is 0 Å². The zero-order valence-corrected chi connectivity index (χ0v) is 10.1. The Morgan fingerprint density at radius 2 is 1.27 bits per heavy atom. The van der Waals surface area contributed by atoms with Gasteiger partial charge < -0.3 is 0 Å². The average molecular weight is 170 g/mol. The molecule has 0 aliphatic heterocycles. The summed E-state index contributed by atoms with van der Waals surface area (Å²) in [5.74, 6) is 0. The van der Waals surface area contributed by atoms with E-state index in [0.717, 1.165) is 0 Å². The summed E-state index contributed by atoms with van der Waals surface area (Å²) in [5, 5.41) is 0. The van der Waals surface area contributed by atoms with Gasteiger partial charge in [0, 0.05) is 0 Å². The van der Waals surface area contributed by atoms with Crippen molar-refractivity contribution in [1.29, 1.82) is 0 Å². The monoisotopic (exact) mass is 170 g/mol. The number of rotatable bonds is 7. The second-order valence-corrected chi connectivity index (χ2v) is 4.12. The maximum Gasteiger partial charge on any atom is -0.269 e. The zero-order chi connectivity index (χ0) is 7.66. The summed E-state index contributed by atoms with van der Waals surface area (Å²) in [7, 11) is 0. The molecule has 0 radical (unpaired) electrons. The summed E-state index contributed by atoms with van der Waals surface area (Å²) in [4.78, 5) is 0. The van der Waals surface area contributed by atoms with Crippen molar-refractivity contribution < 1.29 is 4.70 Å². The quantitative estimate of drug-likeness (QED) is 0.405. The third-order valence-electron chi connectivity index (χ3n) is 1.96. The fourth-order valence-electron chi connectivity index (χ4n) is 1.21. The van der Waals surface area contributed by atoms with Gasteiger partial charge in [-0.05, 0) is 0 Å². The fraction of sp³-hybridized carbons (Fsp3) is 1.00. The Morgan fingerprint density at radius 1 is 0.818 bits per heavy atom. The Bertz CT molecular complexity index is 49.5. The standard InChI is InChI=1S/C9H19.FH.Na/c1-3-5-7-9-8-6-4-2;;/h1,3-9H2,2H3;1H;. The number of hydrogen-bond acceptors (Lipinski definition) is 0. The van der Waals surface area contributed by atoms with Gasteiger partial charge in [-0.25, -0.2) is 0 Å². The van der Waals surface area contributed by atoms with E-state index in [2.05, 4.69) is 6.92 Å². The van der Waals surface area contributed by atoms with Gasteiger partial charge in [-0.1, -0.05) is 0 Å². The molecular formula is C9H20FNa. The van der Waals surface area contributed by atoms with Crippen LogP contribution in [-0.2, 0) is 0 Å². The van der Waals surface area contributed by atoms with E-state index in [-0.39, 0.29) is 4.70 Å². The third kappa shape index (κ3) is 13.9. The summed E-state index contributed by atoms with van der Waals surface area (Å²) in [5.41, 5.74) is 0. The molecule has 0 saturated heterocycles. The summed E-state index contributed by atoms with van der Waals surface area (Å²) in [6.45, 7) is 2.28. The summed E-state index contributed by atoms with van der Waals surface area (Å²) >= 11 is 1.41. The molecule has 2 heteroatoms. The van der Waals surface area contributed by atoms with Crippen LogP contribution in [0.5, 0.6) is 0 Å². The molecule has 0 saturated carbocycles. The van der Waals surface area contributed by atoms with E-state index >= 15 is 0 Å². The van der Waals surface area contributed by atoms with Crippen LogP contribution in [0.3, 0.4) is 0 Å². The van der Waals surface area contributed by atoms with Gasteiger partial charge in [0.25, 0.3) is 0 Å². The van der Waals surface area contributed by atoms with E-state index in [9.17, 15) is 0 Å². The van der Waals surface area contributed by atoms with Gasteiger partial charge in [-0.3, -0.25) is 4.70 Å². The van der Waals surface area contributed by atoms with E-state index in [1.165, 1.54) is 76.5 Å². The van der Waals surface area contributed by atoms with Crippen LogP contribution < -0.4 is 0 Å². The molecule has 0 spiro atoms. The van der Waals surface area contributed by atoms with E-state index < -0.39 is 0 Å². The Kier molecular flexibility index (Phi) is 17.8. The minimum absolute atomic E-state index is 0. The molecule has 0 aromatic carbocycles. The molecule has 0 bridgehead atoms. The van der Waals surface area contributed by atoms with Gasteiger partial charge >= 0.3 is 83.5 Å². The van der Waals surface area contributed by atoms with Gasteiger partial charge in [0.1, 0.15) is 0 Å². The van der Waals surface area contributed by atoms with Gasteiger partial charge in [0.2, 0.25) is 0 Å². The summed E-state index contributed by atoms with van der Waals surface area (Å²) in [6.07, 6.45) is 10.3. The second kappa shape index (κ2) is 13.5. The predicted octanol–water partition coefficient (Wildman–Crippen LogP) is 3.48. The maximum absolute atomic E-state index is 2.28. The van der Waals surface area contributed by atoms with Crippen LogP contribution in [0, 0.1) is 0 Å². The molecule has 0 aromatic heterocycles. The largest absolute Gasteiger partial charge is 0.269 e. The molecule has 0 aromatic rings. The first-order valence-electron chi connectivity index (χ1n) is 4.91. The van der Waals surface area contributed by atoms with Crippen molar-refractivity contribution in [3.8, 4) is 0 Å². The molecule has 0 aliphatic carbocycles. The maximum atomic E-state index is 2.28.